The molecule has 1 aromatic heterocycles. The van der Waals surface area contributed by atoms with Crippen molar-refractivity contribution in [1.82, 2.24) is 0 Å². The Bertz CT molecular complexity index is 901. The Balaban J connectivity index is 1.95. The molecule has 1 aliphatic rings. The molecule has 142 valence electrons. The minimum absolute atomic E-state index is 0.0411. The van der Waals surface area contributed by atoms with E-state index in [9.17, 15) is 10.1 Å². The minimum Gasteiger partial charge on any atom is -0.444 e. The van der Waals surface area contributed by atoms with Crippen molar-refractivity contribution in [3.8, 4) is 6.07 Å². The number of benzene rings is 1. The van der Waals surface area contributed by atoms with Crippen LogP contribution >= 0.6 is 11.3 Å². The summed E-state index contributed by atoms with van der Waals surface area (Å²) in [5.41, 5.74) is 0.539. The second-order valence-electron chi connectivity index (χ2n) is 8.38. The average molecular weight is 386 g/mol. The molecule has 0 unspecified atom stereocenters. The number of fused-ring (bicyclic) bond motifs is 1. The smallest absolute Gasteiger partial charge is 0.444 e. The fraction of sp³-hybridized carbons (Fsp3) is 0.474. The molecule has 6 nitrogen and oxygen atoms in total. The molecule has 1 fully saturated rings. The van der Waals surface area contributed by atoms with Gasteiger partial charge in [0.25, 0.3) is 0 Å². The summed E-state index contributed by atoms with van der Waals surface area (Å²) < 4.78 is 18.0. The number of hydrogen-bond acceptors (Lipinski definition) is 6. The largest absolute Gasteiger partial charge is 0.494 e. The third-order valence-electron chi connectivity index (χ3n) is 3.98. The minimum atomic E-state index is -0.616. The highest BCUT2D eigenvalue weighted by Crippen LogP contribution is 2.35. The van der Waals surface area contributed by atoms with E-state index >= 15 is 0 Å². The van der Waals surface area contributed by atoms with Crippen LogP contribution in [0, 0.1) is 16.7 Å². The van der Waals surface area contributed by atoms with E-state index in [2.05, 4.69) is 25.2 Å². The van der Waals surface area contributed by atoms with Gasteiger partial charge in [0.2, 0.25) is 0 Å². The van der Waals surface area contributed by atoms with Crippen molar-refractivity contribution >= 4 is 45.1 Å². The summed E-state index contributed by atoms with van der Waals surface area (Å²) in [5.74, 6) is 0. The van der Waals surface area contributed by atoms with Gasteiger partial charge in [-0.3, -0.25) is 5.32 Å². The van der Waals surface area contributed by atoms with Crippen LogP contribution in [0.1, 0.15) is 40.2 Å². The molecule has 1 aliphatic heterocycles. The molecule has 1 amide bonds. The number of nitrogens with one attached hydrogen (secondary N) is 1. The maximum atomic E-state index is 12.1. The number of nitrogens with zero attached hydrogens (tertiary/aromatic N) is 1. The Kier molecular flexibility index (Phi) is 5.21. The number of ether oxygens (including phenoxy) is 1. The van der Waals surface area contributed by atoms with Gasteiger partial charge in [-0.25, -0.2) is 4.79 Å². The highest BCUT2D eigenvalue weighted by Gasteiger charge is 2.35. The topological polar surface area (TPSA) is 80.6 Å². The van der Waals surface area contributed by atoms with Crippen LogP contribution in [0.3, 0.4) is 0 Å². The second kappa shape index (κ2) is 7.15. The molecule has 0 atom stereocenters. The molecule has 0 spiro atoms. The average Bonchev–Trinajstić information content (AvgIpc) is 2.90. The van der Waals surface area contributed by atoms with Gasteiger partial charge in [0.1, 0.15) is 16.7 Å². The third-order valence-corrected chi connectivity index (χ3v) is 5.05. The number of hydrogen-bond donors (Lipinski definition) is 1. The summed E-state index contributed by atoms with van der Waals surface area (Å²) in [5, 5.41) is 13.7. The normalized spacial score (nSPS) is 16.8. The van der Waals surface area contributed by atoms with Gasteiger partial charge in [0.05, 0.1) is 5.56 Å². The van der Waals surface area contributed by atoms with Gasteiger partial charge in [-0.1, -0.05) is 26.0 Å². The molecule has 2 heterocycles. The summed E-state index contributed by atoms with van der Waals surface area (Å²) >= 11 is 1.34. The number of thiophene rings is 1. The van der Waals surface area contributed by atoms with Crippen molar-refractivity contribution in [3.05, 3.63) is 23.8 Å². The molecule has 0 radical (unpaired) electrons. The van der Waals surface area contributed by atoms with E-state index in [1.54, 1.807) is 20.8 Å². The zero-order chi connectivity index (χ0) is 19.8. The van der Waals surface area contributed by atoms with Gasteiger partial charge in [0.15, 0.2) is 0 Å². The van der Waals surface area contributed by atoms with Gasteiger partial charge in [0, 0.05) is 28.7 Å². The lowest BCUT2D eigenvalue weighted by Crippen LogP contribution is -2.47. The number of rotatable bonds is 2. The van der Waals surface area contributed by atoms with Gasteiger partial charge in [-0.15, -0.1) is 11.3 Å². The fourth-order valence-corrected chi connectivity index (χ4v) is 3.91. The molecule has 8 heteroatoms. The third kappa shape index (κ3) is 4.43. The van der Waals surface area contributed by atoms with E-state index in [1.165, 1.54) is 11.3 Å². The number of anilines is 1. The standard InChI is InChI=1S/C19H23BN2O4S/c1-18(2,3)26-17(23)22-16-12(9-21)15-13(7-6-8-14(15)27-16)20-24-10-19(4,5)11-25-20/h6-8H,10-11H2,1-5H3,(H,22,23). The number of carbonyl (C=O) groups is 1. The summed E-state index contributed by atoms with van der Waals surface area (Å²) in [6.07, 6.45) is -0.584. The fourth-order valence-electron chi connectivity index (χ4n) is 2.83. The van der Waals surface area contributed by atoms with Crippen molar-refractivity contribution in [1.29, 1.82) is 5.26 Å². The zero-order valence-corrected chi connectivity index (χ0v) is 17.0. The molecule has 27 heavy (non-hydrogen) atoms. The predicted molar refractivity (Wildman–Crippen MR) is 107 cm³/mol. The molecule has 1 aromatic carbocycles. The summed E-state index contributed by atoms with van der Waals surface area (Å²) in [4.78, 5) is 12.1. The van der Waals surface area contributed by atoms with Gasteiger partial charge < -0.3 is 14.0 Å². The lowest BCUT2D eigenvalue weighted by molar-refractivity contribution is 0.0344. The van der Waals surface area contributed by atoms with Crippen molar-refractivity contribution in [2.75, 3.05) is 18.5 Å². The van der Waals surface area contributed by atoms with Crippen molar-refractivity contribution in [2.24, 2.45) is 5.41 Å². The van der Waals surface area contributed by atoms with Crippen LogP contribution < -0.4 is 10.8 Å². The number of amides is 1. The molecular weight excluding hydrogens is 363 g/mol. The quantitative estimate of drug-likeness (QED) is 0.792. The highest BCUT2D eigenvalue weighted by molar-refractivity contribution is 7.23. The second-order valence-corrected chi connectivity index (χ2v) is 9.44. The monoisotopic (exact) mass is 386 g/mol. The maximum absolute atomic E-state index is 12.1. The first-order valence-corrected chi connectivity index (χ1v) is 9.60. The molecule has 0 aliphatic carbocycles. The first-order chi connectivity index (χ1) is 12.6. The molecule has 0 saturated carbocycles. The van der Waals surface area contributed by atoms with Crippen molar-refractivity contribution < 1.29 is 18.8 Å². The van der Waals surface area contributed by atoms with Crippen LogP contribution in [-0.2, 0) is 14.0 Å². The SMILES string of the molecule is CC1(C)COB(c2cccc3sc(NC(=O)OC(C)(C)C)c(C#N)c23)OC1. The van der Waals surface area contributed by atoms with E-state index in [0.29, 0.717) is 23.8 Å². The van der Waals surface area contributed by atoms with Crippen LogP contribution in [0.4, 0.5) is 9.80 Å². The van der Waals surface area contributed by atoms with E-state index in [0.717, 1.165) is 15.5 Å². The lowest BCUT2D eigenvalue weighted by atomic mass is 9.73. The zero-order valence-electron chi connectivity index (χ0n) is 16.2. The first kappa shape index (κ1) is 19.7. The van der Waals surface area contributed by atoms with Crippen LogP contribution in [0.15, 0.2) is 18.2 Å². The van der Waals surface area contributed by atoms with Gasteiger partial charge >= 0.3 is 13.2 Å². The van der Waals surface area contributed by atoms with E-state index in [4.69, 9.17) is 14.0 Å². The van der Waals surface area contributed by atoms with Gasteiger partial charge in [-0.05, 0) is 32.3 Å². The van der Waals surface area contributed by atoms with Crippen molar-refractivity contribution in [3.63, 3.8) is 0 Å². The molecule has 2 aromatic rings. The molecule has 3 rings (SSSR count). The summed E-state index contributed by atoms with van der Waals surface area (Å²) in [6.45, 7) is 10.7. The number of carbonyl (C=O) groups excluding carboxylic acids is 1. The lowest BCUT2D eigenvalue weighted by Gasteiger charge is -2.33. The van der Waals surface area contributed by atoms with E-state index < -0.39 is 18.8 Å². The Morgan fingerprint density at radius 3 is 2.59 bits per heavy atom. The molecular formula is C19H23BN2O4S. The maximum Gasteiger partial charge on any atom is 0.494 e. The van der Waals surface area contributed by atoms with E-state index in [-0.39, 0.29) is 5.41 Å². The Morgan fingerprint density at radius 2 is 2.00 bits per heavy atom. The van der Waals surface area contributed by atoms with Crippen LogP contribution in [0.2, 0.25) is 0 Å². The Hall–Kier alpha value is -2.08. The van der Waals surface area contributed by atoms with E-state index in [1.807, 2.05) is 18.2 Å². The predicted octanol–water partition coefficient (Wildman–Crippen LogP) is 3.89. The Labute approximate surface area is 163 Å². The molecule has 0 bridgehead atoms. The van der Waals surface area contributed by atoms with Crippen molar-refractivity contribution in [2.45, 2.75) is 40.2 Å². The van der Waals surface area contributed by atoms with Gasteiger partial charge in [-0.2, -0.15) is 5.26 Å². The summed E-state index contributed by atoms with van der Waals surface area (Å²) in [6, 6.07) is 7.93. The Morgan fingerprint density at radius 1 is 1.33 bits per heavy atom. The first-order valence-electron chi connectivity index (χ1n) is 8.78. The molecule has 1 saturated heterocycles. The van der Waals surface area contributed by atoms with Crippen LogP contribution in [-0.4, -0.2) is 32.0 Å². The highest BCUT2D eigenvalue weighted by atomic mass is 32.1. The van der Waals surface area contributed by atoms with Crippen LogP contribution in [0.5, 0.6) is 0 Å². The molecule has 1 N–H and O–H groups in total. The van der Waals surface area contributed by atoms with Crippen LogP contribution in [0.25, 0.3) is 10.1 Å². The number of nitriles is 1. The summed E-state index contributed by atoms with van der Waals surface area (Å²) in [7, 11) is -0.530.